The van der Waals surface area contributed by atoms with E-state index in [1.54, 1.807) is 12.1 Å². The van der Waals surface area contributed by atoms with Gasteiger partial charge in [0.25, 0.3) is 0 Å². The minimum atomic E-state index is -0.204. The minimum Gasteiger partial charge on any atom is -0.298 e. The molecule has 1 atom stereocenters. The van der Waals surface area contributed by atoms with E-state index in [0.717, 1.165) is 16.7 Å². The number of nitrogens with one attached hydrogen (secondary N) is 1. The summed E-state index contributed by atoms with van der Waals surface area (Å²) in [5.41, 5.74) is 3.68. The Balaban J connectivity index is 2.05. The fraction of sp³-hybridized carbons (Fsp3) is 0.167. The van der Waals surface area contributed by atoms with Gasteiger partial charge in [0.1, 0.15) is 5.82 Å². The Morgan fingerprint density at radius 1 is 1.05 bits per heavy atom. The molecule has 0 spiro atoms. The number of benzene rings is 2. The second-order valence-electron chi connectivity index (χ2n) is 5.50. The average molecular weight is 295 g/mol. The summed E-state index contributed by atoms with van der Waals surface area (Å²) >= 11 is 0. The SMILES string of the molecule is CN(C)C(c1cn[nH]c1)c1cccc(-c2ccccc2F)c1. The summed E-state index contributed by atoms with van der Waals surface area (Å²) < 4.78 is 14.0. The maximum atomic E-state index is 14.0. The Labute approximate surface area is 129 Å². The third-order valence-electron chi connectivity index (χ3n) is 3.74. The largest absolute Gasteiger partial charge is 0.298 e. The van der Waals surface area contributed by atoms with E-state index in [2.05, 4.69) is 21.2 Å². The minimum absolute atomic E-state index is 0.0745. The van der Waals surface area contributed by atoms with Crippen molar-refractivity contribution in [2.45, 2.75) is 6.04 Å². The van der Waals surface area contributed by atoms with E-state index in [0.29, 0.717) is 5.56 Å². The molecule has 3 aromatic rings. The lowest BCUT2D eigenvalue weighted by Crippen LogP contribution is -2.20. The summed E-state index contributed by atoms with van der Waals surface area (Å²) in [4.78, 5) is 2.12. The summed E-state index contributed by atoms with van der Waals surface area (Å²) in [6.07, 6.45) is 3.71. The quantitative estimate of drug-likeness (QED) is 0.792. The van der Waals surface area contributed by atoms with Crippen LogP contribution in [-0.2, 0) is 0 Å². The molecular formula is C18H18FN3. The first-order chi connectivity index (χ1) is 10.7. The number of nitrogens with zero attached hydrogens (tertiary/aromatic N) is 2. The van der Waals surface area contributed by atoms with Crippen LogP contribution in [0, 0.1) is 5.82 Å². The van der Waals surface area contributed by atoms with E-state index in [-0.39, 0.29) is 11.9 Å². The first-order valence-corrected chi connectivity index (χ1v) is 7.17. The number of H-pyrrole nitrogens is 1. The van der Waals surface area contributed by atoms with Gasteiger partial charge in [0, 0.05) is 17.3 Å². The molecule has 0 saturated carbocycles. The number of rotatable bonds is 4. The van der Waals surface area contributed by atoms with E-state index >= 15 is 0 Å². The Hall–Kier alpha value is -2.46. The highest BCUT2D eigenvalue weighted by molar-refractivity contribution is 5.65. The van der Waals surface area contributed by atoms with Crippen molar-refractivity contribution < 1.29 is 4.39 Å². The molecule has 0 bridgehead atoms. The van der Waals surface area contributed by atoms with Crippen molar-refractivity contribution in [2.75, 3.05) is 14.1 Å². The number of aromatic nitrogens is 2. The van der Waals surface area contributed by atoms with Crippen LogP contribution in [0.25, 0.3) is 11.1 Å². The van der Waals surface area contributed by atoms with Crippen molar-refractivity contribution in [3.63, 3.8) is 0 Å². The Morgan fingerprint density at radius 2 is 1.86 bits per heavy atom. The summed E-state index contributed by atoms with van der Waals surface area (Å²) in [5.74, 6) is -0.204. The number of hydrogen-bond donors (Lipinski definition) is 1. The fourth-order valence-corrected chi connectivity index (χ4v) is 2.77. The third-order valence-corrected chi connectivity index (χ3v) is 3.74. The van der Waals surface area contributed by atoms with Gasteiger partial charge in [-0.15, -0.1) is 0 Å². The first-order valence-electron chi connectivity index (χ1n) is 7.17. The topological polar surface area (TPSA) is 31.9 Å². The molecule has 112 valence electrons. The number of aromatic amines is 1. The second kappa shape index (κ2) is 6.12. The first kappa shape index (κ1) is 14.5. The summed E-state index contributed by atoms with van der Waals surface area (Å²) in [5, 5.41) is 6.89. The van der Waals surface area contributed by atoms with Crippen LogP contribution in [0.1, 0.15) is 17.2 Å². The highest BCUT2D eigenvalue weighted by Crippen LogP contribution is 2.30. The molecule has 0 saturated heterocycles. The van der Waals surface area contributed by atoms with Crippen molar-refractivity contribution in [2.24, 2.45) is 0 Å². The average Bonchev–Trinajstić information content (AvgIpc) is 3.02. The third kappa shape index (κ3) is 2.78. The molecule has 0 aliphatic heterocycles. The molecular weight excluding hydrogens is 277 g/mol. The molecule has 3 rings (SSSR count). The van der Waals surface area contributed by atoms with Crippen molar-refractivity contribution >= 4 is 0 Å². The normalized spacial score (nSPS) is 12.5. The van der Waals surface area contributed by atoms with Crippen molar-refractivity contribution in [3.05, 3.63) is 77.9 Å². The Bertz CT molecular complexity index is 751. The smallest absolute Gasteiger partial charge is 0.131 e. The van der Waals surface area contributed by atoms with Crippen LogP contribution in [0.4, 0.5) is 4.39 Å². The highest BCUT2D eigenvalue weighted by Gasteiger charge is 2.18. The molecule has 2 aromatic carbocycles. The highest BCUT2D eigenvalue weighted by atomic mass is 19.1. The van der Waals surface area contributed by atoms with Crippen LogP contribution in [0.3, 0.4) is 0 Å². The molecule has 0 fully saturated rings. The predicted octanol–water partition coefficient (Wildman–Crippen LogP) is 3.87. The van der Waals surface area contributed by atoms with Gasteiger partial charge in [-0.25, -0.2) is 4.39 Å². The van der Waals surface area contributed by atoms with Crippen molar-refractivity contribution in [3.8, 4) is 11.1 Å². The van der Waals surface area contributed by atoms with Crippen LogP contribution in [0.2, 0.25) is 0 Å². The lowest BCUT2D eigenvalue weighted by molar-refractivity contribution is 0.342. The van der Waals surface area contributed by atoms with E-state index in [1.807, 2.05) is 50.8 Å². The second-order valence-corrected chi connectivity index (χ2v) is 5.50. The monoisotopic (exact) mass is 295 g/mol. The van der Waals surface area contributed by atoms with Crippen LogP contribution >= 0.6 is 0 Å². The molecule has 0 amide bonds. The van der Waals surface area contributed by atoms with Crippen LogP contribution in [-0.4, -0.2) is 29.2 Å². The van der Waals surface area contributed by atoms with Gasteiger partial charge in [0.2, 0.25) is 0 Å². The van der Waals surface area contributed by atoms with Gasteiger partial charge < -0.3 is 0 Å². The Morgan fingerprint density at radius 3 is 2.55 bits per heavy atom. The van der Waals surface area contributed by atoms with E-state index in [4.69, 9.17) is 0 Å². The zero-order valence-electron chi connectivity index (χ0n) is 12.6. The molecule has 0 aliphatic rings. The number of halogens is 1. The van der Waals surface area contributed by atoms with Gasteiger partial charge in [0.15, 0.2) is 0 Å². The van der Waals surface area contributed by atoms with E-state index in [1.165, 1.54) is 6.07 Å². The van der Waals surface area contributed by atoms with Crippen LogP contribution in [0.5, 0.6) is 0 Å². The van der Waals surface area contributed by atoms with E-state index in [9.17, 15) is 4.39 Å². The summed E-state index contributed by atoms with van der Waals surface area (Å²) in [7, 11) is 4.04. The maximum Gasteiger partial charge on any atom is 0.131 e. The van der Waals surface area contributed by atoms with Crippen molar-refractivity contribution in [1.82, 2.24) is 15.1 Å². The molecule has 1 heterocycles. The molecule has 1 N–H and O–H groups in total. The van der Waals surface area contributed by atoms with Crippen molar-refractivity contribution in [1.29, 1.82) is 0 Å². The molecule has 1 unspecified atom stereocenters. The lowest BCUT2D eigenvalue weighted by atomic mass is 9.96. The molecule has 22 heavy (non-hydrogen) atoms. The van der Waals surface area contributed by atoms with Gasteiger partial charge >= 0.3 is 0 Å². The molecule has 3 nitrogen and oxygen atoms in total. The predicted molar refractivity (Wildman–Crippen MR) is 86.0 cm³/mol. The Kier molecular flexibility index (Phi) is 4.02. The number of hydrogen-bond acceptors (Lipinski definition) is 2. The molecule has 0 radical (unpaired) electrons. The maximum absolute atomic E-state index is 14.0. The zero-order chi connectivity index (χ0) is 15.5. The lowest BCUT2D eigenvalue weighted by Gasteiger charge is -2.24. The van der Waals surface area contributed by atoms with Gasteiger partial charge in [-0.2, -0.15) is 5.10 Å². The zero-order valence-corrected chi connectivity index (χ0v) is 12.6. The summed E-state index contributed by atoms with van der Waals surface area (Å²) in [6, 6.07) is 14.9. The van der Waals surface area contributed by atoms with Crippen LogP contribution < -0.4 is 0 Å². The molecule has 0 aliphatic carbocycles. The van der Waals surface area contributed by atoms with Gasteiger partial charge in [-0.1, -0.05) is 36.4 Å². The summed E-state index contributed by atoms with van der Waals surface area (Å²) in [6.45, 7) is 0. The van der Waals surface area contributed by atoms with Gasteiger partial charge in [-0.05, 0) is 37.4 Å². The van der Waals surface area contributed by atoms with E-state index < -0.39 is 0 Å². The molecule has 1 aromatic heterocycles. The van der Waals surface area contributed by atoms with Gasteiger partial charge in [0.05, 0.1) is 12.2 Å². The van der Waals surface area contributed by atoms with Gasteiger partial charge in [-0.3, -0.25) is 10.00 Å². The fourth-order valence-electron chi connectivity index (χ4n) is 2.77. The van der Waals surface area contributed by atoms with Crippen LogP contribution in [0.15, 0.2) is 60.9 Å². The molecule has 4 heteroatoms. The standard InChI is InChI=1S/C18H18FN3/c1-22(2)18(15-11-20-21-12-15)14-7-5-6-13(10-14)16-8-3-4-9-17(16)19/h3-12,18H,1-2H3,(H,20,21).